The van der Waals surface area contributed by atoms with Crippen LogP contribution in [0.15, 0.2) is 0 Å². The van der Waals surface area contributed by atoms with Gasteiger partial charge in [0, 0.05) is 43.1 Å². The number of nitrogens with zero attached hydrogens (tertiary/aromatic N) is 1. The lowest BCUT2D eigenvalue weighted by Gasteiger charge is -2.48. The number of carbonyl (C=O) groups is 1. The van der Waals surface area contributed by atoms with Gasteiger partial charge in [-0.3, -0.25) is 9.69 Å². The van der Waals surface area contributed by atoms with Crippen molar-refractivity contribution in [2.24, 2.45) is 0 Å². The van der Waals surface area contributed by atoms with E-state index in [-0.39, 0.29) is 11.4 Å². The van der Waals surface area contributed by atoms with Crippen LogP contribution in [0.3, 0.4) is 0 Å². The third kappa shape index (κ3) is 5.15. The van der Waals surface area contributed by atoms with Crippen LogP contribution in [-0.4, -0.2) is 61.1 Å². The maximum Gasteiger partial charge on any atom is 0.220 e. The molecule has 0 spiro atoms. The van der Waals surface area contributed by atoms with Crippen LogP contribution in [0.1, 0.15) is 44.9 Å². The predicted molar refractivity (Wildman–Crippen MR) is 90.9 cm³/mol. The second-order valence-corrected chi connectivity index (χ2v) is 7.59. The number of hydrogen-bond donors (Lipinski definition) is 2. The van der Waals surface area contributed by atoms with Gasteiger partial charge in [-0.1, -0.05) is 19.3 Å². The number of hydrogen-bond acceptors (Lipinski definition) is 4. The highest BCUT2D eigenvalue weighted by atomic mass is 32.2. The van der Waals surface area contributed by atoms with Gasteiger partial charge in [-0.2, -0.15) is 11.8 Å². The van der Waals surface area contributed by atoms with Crippen molar-refractivity contribution < 1.29 is 4.79 Å². The minimum absolute atomic E-state index is 0.224. The van der Waals surface area contributed by atoms with Gasteiger partial charge in [-0.25, -0.2) is 0 Å². The smallest absolute Gasteiger partial charge is 0.220 e. The molecule has 5 heteroatoms. The Morgan fingerprint density at radius 3 is 2.57 bits per heavy atom. The summed E-state index contributed by atoms with van der Waals surface area (Å²) in [6.07, 6.45) is 8.09. The second-order valence-electron chi connectivity index (χ2n) is 6.37. The zero-order chi connectivity index (χ0) is 15.0. The van der Waals surface area contributed by atoms with Crippen molar-refractivity contribution in [3.05, 3.63) is 0 Å². The third-order valence-electron chi connectivity index (χ3n) is 4.91. The van der Waals surface area contributed by atoms with E-state index in [2.05, 4.69) is 27.3 Å². The molecule has 2 rings (SSSR count). The van der Waals surface area contributed by atoms with Crippen molar-refractivity contribution >= 4 is 17.7 Å². The SMILES string of the molecule is CNCCCC(=O)NCC1(N2CCSCC2)CCCCC1. The van der Waals surface area contributed by atoms with E-state index < -0.39 is 0 Å². The Bertz CT molecular complexity index is 313. The van der Waals surface area contributed by atoms with Crippen LogP contribution in [-0.2, 0) is 4.79 Å². The molecule has 0 unspecified atom stereocenters. The van der Waals surface area contributed by atoms with Crippen LogP contribution in [0.2, 0.25) is 0 Å². The molecule has 1 aliphatic carbocycles. The average Bonchev–Trinajstić information content (AvgIpc) is 2.55. The summed E-state index contributed by atoms with van der Waals surface area (Å²) in [6, 6.07) is 0. The fraction of sp³-hybridized carbons (Fsp3) is 0.938. The molecule has 21 heavy (non-hydrogen) atoms. The molecule has 2 fully saturated rings. The molecule has 1 saturated carbocycles. The lowest BCUT2D eigenvalue weighted by atomic mass is 9.80. The van der Waals surface area contributed by atoms with E-state index in [9.17, 15) is 4.79 Å². The van der Waals surface area contributed by atoms with Gasteiger partial charge in [-0.05, 0) is 32.9 Å². The van der Waals surface area contributed by atoms with Gasteiger partial charge in [0.1, 0.15) is 0 Å². The number of nitrogens with one attached hydrogen (secondary N) is 2. The van der Waals surface area contributed by atoms with E-state index in [4.69, 9.17) is 0 Å². The topological polar surface area (TPSA) is 44.4 Å². The normalized spacial score (nSPS) is 22.9. The maximum absolute atomic E-state index is 12.0. The van der Waals surface area contributed by atoms with Crippen molar-refractivity contribution in [3.8, 4) is 0 Å². The van der Waals surface area contributed by atoms with E-state index in [1.165, 1.54) is 56.7 Å². The highest BCUT2D eigenvalue weighted by Gasteiger charge is 2.38. The van der Waals surface area contributed by atoms with Crippen LogP contribution >= 0.6 is 11.8 Å². The zero-order valence-electron chi connectivity index (χ0n) is 13.5. The van der Waals surface area contributed by atoms with E-state index in [1.807, 2.05) is 7.05 Å². The van der Waals surface area contributed by atoms with Crippen LogP contribution in [0.4, 0.5) is 0 Å². The highest BCUT2D eigenvalue weighted by molar-refractivity contribution is 7.99. The molecule has 0 bridgehead atoms. The molecular weight excluding hydrogens is 282 g/mol. The molecule has 0 aromatic carbocycles. The summed E-state index contributed by atoms with van der Waals surface area (Å²) >= 11 is 2.06. The molecule has 2 N–H and O–H groups in total. The fourth-order valence-electron chi connectivity index (χ4n) is 3.63. The first kappa shape index (κ1) is 17.1. The third-order valence-corrected chi connectivity index (χ3v) is 5.85. The molecule has 0 atom stereocenters. The van der Waals surface area contributed by atoms with Gasteiger partial charge in [0.25, 0.3) is 0 Å². The summed E-state index contributed by atoms with van der Waals surface area (Å²) < 4.78 is 0. The van der Waals surface area contributed by atoms with Crippen LogP contribution in [0.25, 0.3) is 0 Å². The second kappa shape index (κ2) is 9.01. The molecular formula is C16H31N3OS. The Hall–Kier alpha value is -0.260. The van der Waals surface area contributed by atoms with E-state index in [0.29, 0.717) is 6.42 Å². The number of thioether (sulfide) groups is 1. The Labute approximate surface area is 133 Å². The van der Waals surface area contributed by atoms with Gasteiger partial charge in [0.15, 0.2) is 0 Å². The largest absolute Gasteiger partial charge is 0.354 e. The van der Waals surface area contributed by atoms with Crippen molar-refractivity contribution in [1.29, 1.82) is 0 Å². The molecule has 1 aliphatic heterocycles. The average molecular weight is 314 g/mol. The van der Waals surface area contributed by atoms with Gasteiger partial charge >= 0.3 is 0 Å². The molecule has 1 saturated heterocycles. The lowest BCUT2D eigenvalue weighted by molar-refractivity contribution is -0.122. The first-order valence-electron chi connectivity index (χ1n) is 8.51. The molecule has 0 aromatic rings. The molecule has 1 amide bonds. The summed E-state index contributed by atoms with van der Waals surface area (Å²) in [5.41, 5.74) is 0.248. The summed E-state index contributed by atoms with van der Waals surface area (Å²) in [5.74, 6) is 2.72. The monoisotopic (exact) mass is 313 g/mol. The van der Waals surface area contributed by atoms with E-state index in [1.54, 1.807) is 0 Å². The van der Waals surface area contributed by atoms with Crippen LogP contribution < -0.4 is 10.6 Å². The van der Waals surface area contributed by atoms with Crippen LogP contribution in [0.5, 0.6) is 0 Å². The number of rotatable bonds is 7. The van der Waals surface area contributed by atoms with Crippen molar-refractivity contribution in [2.45, 2.75) is 50.5 Å². The van der Waals surface area contributed by atoms with Crippen molar-refractivity contribution in [1.82, 2.24) is 15.5 Å². The molecule has 0 aromatic heterocycles. The van der Waals surface area contributed by atoms with Crippen molar-refractivity contribution in [3.63, 3.8) is 0 Å². The minimum atomic E-state index is 0.224. The minimum Gasteiger partial charge on any atom is -0.354 e. The summed E-state index contributed by atoms with van der Waals surface area (Å²) in [6.45, 7) is 4.17. The molecule has 0 radical (unpaired) electrons. The van der Waals surface area contributed by atoms with Gasteiger partial charge in [0.05, 0.1) is 0 Å². The number of carbonyl (C=O) groups excluding carboxylic acids is 1. The molecule has 2 aliphatic rings. The Morgan fingerprint density at radius 1 is 1.19 bits per heavy atom. The first-order chi connectivity index (χ1) is 10.3. The van der Waals surface area contributed by atoms with Gasteiger partial charge in [-0.15, -0.1) is 0 Å². The van der Waals surface area contributed by atoms with Gasteiger partial charge < -0.3 is 10.6 Å². The predicted octanol–water partition coefficient (Wildman–Crippen LogP) is 1.85. The zero-order valence-corrected chi connectivity index (χ0v) is 14.3. The Balaban J connectivity index is 1.85. The Morgan fingerprint density at radius 2 is 1.90 bits per heavy atom. The van der Waals surface area contributed by atoms with E-state index >= 15 is 0 Å². The fourth-order valence-corrected chi connectivity index (χ4v) is 4.53. The lowest BCUT2D eigenvalue weighted by Crippen LogP contribution is -2.58. The van der Waals surface area contributed by atoms with Crippen molar-refractivity contribution in [2.75, 3.05) is 44.7 Å². The summed E-state index contributed by atoms with van der Waals surface area (Å²) in [4.78, 5) is 14.7. The number of amides is 1. The summed E-state index contributed by atoms with van der Waals surface area (Å²) in [5, 5.41) is 6.33. The Kier molecular flexibility index (Phi) is 7.34. The quantitative estimate of drug-likeness (QED) is 0.704. The molecule has 1 heterocycles. The molecule has 4 nitrogen and oxygen atoms in total. The van der Waals surface area contributed by atoms with E-state index in [0.717, 1.165) is 19.5 Å². The van der Waals surface area contributed by atoms with Gasteiger partial charge in [0.2, 0.25) is 5.91 Å². The maximum atomic E-state index is 12.0. The first-order valence-corrected chi connectivity index (χ1v) is 9.66. The van der Waals surface area contributed by atoms with Crippen LogP contribution in [0, 0.1) is 0 Å². The standard InChI is InChI=1S/C16H31N3OS/c1-17-9-5-6-15(20)18-14-16(7-3-2-4-8-16)19-10-12-21-13-11-19/h17H,2-14H2,1H3,(H,18,20). The summed E-state index contributed by atoms with van der Waals surface area (Å²) in [7, 11) is 1.93. The molecule has 122 valence electrons. The highest BCUT2D eigenvalue weighted by Crippen LogP contribution is 2.34.